The molecule has 1 fully saturated rings. The van der Waals surface area contributed by atoms with Crippen LogP contribution in [-0.2, 0) is 10.2 Å². The van der Waals surface area contributed by atoms with E-state index in [9.17, 15) is 0 Å². The van der Waals surface area contributed by atoms with Crippen LogP contribution in [0.2, 0.25) is 0 Å². The third kappa shape index (κ3) is 2.62. The van der Waals surface area contributed by atoms with Gasteiger partial charge < -0.3 is 4.74 Å². The van der Waals surface area contributed by atoms with Crippen LogP contribution in [0.15, 0.2) is 18.3 Å². The van der Waals surface area contributed by atoms with E-state index in [0.29, 0.717) is 5.92 Å². The molecular weight excluding hydrogens is 198 g/mol. The van der Waals surface area contributed by atoms with E-state index < -0.39 is 0 Å². The lowest BCUT2D eigenvalue weighted by Crippen LogP contribution is -2.16. The highest BCUT2D eigenvalue weighted by Gasteiger charge is 2.18. The second-order valence-corrected chi connectivity index (χ2v) is 5.61. The summed E-state index contributed by atoms with van der Waals surface area (Å²) in [5.41, 5.74) is 2.74. The molecule has 0 aliphatic carbocycles. The van der Waals surface area contributed by atoms with Crippen LogP contribution in [0.1, 0.15) is 50.8 Å². The summed E-state index contributed by atoms with van der Waals surface area (Å²) >= 11 is 0. The van der Waals surface area contributed by atoms with Crippen molar-refractivity contribution in [3.63, 3.8) is 0 Å². The van der Waals surface area contributed by atoms with E-state index in [0.717, 1.165) is 26.1 Å². The minimum absolute atomic E-state index is 0.196. The molecule has 2 heteroatoms. The van der Waals surface area contributed by atoms with Gasteiger partial charge in [0.2, 0.25) is 0 Å². The summed E-state index contributed by atoms with van der Waals surface area (Å²) in [6, 6.07) is 4.41. The molecular formula is C14H21NO. The Morgan fingerprint density at radius 2 is 1.88 bits per heavy atom. The maximum atomic E-state index is 5.37. The fourth-order valence-electron chi connectivity index (χ4n) is 2.08. The first-order valence-electron chi connectivity index (χ1n) is 6.11. The standard InChI is InChI=1S/C14H21NO/c1-14(2,3)12-4-5-13(15-10-12)11-6-8-16-9-7-11/h4-5,10-11H,6-9H2,1-3H3. The van der Waals surface area contributed by atoms with E-state index >= 15 is 0 Å². The second kappa shape index (κ2) is 4.54. The van der Waals surface area contributed by atoms with Gasteiger partial charge in [-0.1, -0.05) is 26.8 Å². The number of rotatable bonds is 1. The molecule has 1 aromatic heterocycles. The summed E-state index contributed by atoms with van der Waals surface area (Å²) in [5, 5.41) is 0. The van der Waals surface area contributed by atoms with Crippen LogP contribution in [0.3, 0.4) is 0 Å². The van der Waals surface area contributed by atoms with Crippen molar-refractivity contribution in [2.45, 2.75) is 44.9 Å². The monoisotopic (exact) mass is 219 g/mol. The molecule has 1 aliphatic heterocycles. The molecule has 1 aliphatic rings. The Morgan fingerprint density at radius 1 is 1.19 bits per heavy atom. The van der Waals surface area contributed by atoms with Gasteiger partial charge in [-0.25, -0.2) is 0 Å². The first-order valence-corrected chi connectivity index (χ1v) is 6.11. The van der Waals surface area contributed by atoms with Gasteiger partial charge in [-0.05, 0) is 29.9 Å². The predicted molar refractivity (Wildman–Crippen MR) is 65.7 cm³/mol. The summed E-state index contributed by atoms with van der Waals surface area (Å²) in [5.74, 6) is 0.600. The highest BCUT2D eigenvalue weighted by Crippen LogP contribution is 2.27. The topological polar surface area (TPSA) is 22.1 Å². The van der Waals surface area contributed by atoms with Crippen LogP contribution in [-0.4, -0.2) is 18.2 Å². The van der Waals surface area contributed by atoms with Crippen LogP contribution in [0.25, 0.3) is 0 Å². The maximum absolute atomic E-state index is 5.37. The lowest BCUT2D eigenvalue weighted by Gasteiger charge is -2.23. The third-order valence-corrected chi connectivity index (χ3v) is 3.29. The Kier molecular flexibility index (Phi) is 3.29. The second-order valence-electron chi connectivity index (χ2n) is 5.61. The Labute approximate surface area is 98.0 Å². The summed E-state index contributed by atoms with van der Waals surface area (Å²) in [7, 11) is 0. The first-order chi connectivity index (χ1) is 7.57. The fourth-order valence-corrected chi connectivity index (χ4v) is 2.08. The lowest BCUT2D eigenvalue weighted by atomic mass is 9.87. The first kappa shape index (κ1) is 11.6. The molecule has 0 atom stereocenters. The van der Waals surface area contributed by atoms with Crippen molar-refractivity contribution in [1.82, 2.24) is 4.98 Å². The van der Waals surface area contributed by atoms with Gasteiger partial charge in [-0.2, -0.15) is 0 Å². The number of hydrogen-bond acceptors (Lipinski definition) is 2. The molecule has 0 unspecified atom stereocenters. The normalized spacial score (nSPS) is 18.7. The zero-order chi connectivity index (χ0) is 11.6. The highest BCUT2D eigenvalue weighted by atomic mass is 16.5. The SMILES string of the molecule is CC(C)(C)c1ccc(C2CCOCC2)nc1. The van der Waals surface area contributed by atoms with Gasteiger partial charge in [-0.3, -0.25) is 4.98 Å². The number of nitrogens with zero attached hydrogens (tertiary/aromatic N) is 1. The van der Waals surface area contributed by atoms with Crippen LogP contribution >= 0.6 is 0 Å². The van der Waals surface area contributed by atoms with Crippen molar-refractivity contribution in [1.29, 1.82) is 0 Å². The van der Waals surface area contributed by atoms with Crippen LogP contribution < -0.4 is 0 Å². The Morgan fingerprint density at radius 3 is 2.38 bits per heavy atom. The largest absolute Gasteiger partial charge is 0.381 e. The van der Waals surface area contributed by atoms with E-state index in [1.54, 1.807) is 0 Å². The number of ether oxygens (including phenoxy) is 1. The average molecular weight is 219 g/mol. The zero-order valence-corrected chi connectivity index (χ0v) is 10.5. The van der Waals surface area contributed by atoms with Crippen LogP contribution in [0.5, 0.6) is 0 Å². The van der Waals surface area contributed by atoms with Gasteiger partial charge in [-0.15, -0.1) is 0 Å². The van der Waals surface area contributed by atoms with Gasteiger partial charge in [0.1, 0.15) is 0 Å². The summed E-state index contributed by atoms with van der Waals surface area (Å²) < 4.78 is 5.37. The molecule has 1 aromatic rings. The molecule has 1 saturated heterocycles. The average Bonchev–Trinajstić information content (AvgIpc) is 2.29. The van der Waals surface area contributed by atoms with Crippen LogP contribution in [0.4, 0.5) is 0 Å². The van der Waals surface area contributed by atoms with Gasteiger partial charge in [0, 0.05) is 31.0 Å². The molecule has 0 spiro atoms. The molecule has 0 radical (unpaired) electrons. The van der Waals surface area contributed by atoms with Crippen molar-refractivity contribution in [3.05, 3.63) is 29.6 Å². The number of aromatic nitrogens is 1. The van der Waals surface area contributed by atoms with Crippen LogP contribution in [0, 0.1) is 0 Å². The van der Waals surface area contributed by atoms with E-state index in [2.05, 4.69) is 37.9 Å². The van der Waals surface area contributed by atoms with Crippen molar-refractivity contribution in [2.75, 3.05) is 13.2 Å². The van der Waals surface area contributed by atoms with Gasteiger partial charge >= 0.3 is 0 Å². The predicted octanol–water partition coefficient (Wildman–Crippen LogP) is 3.27. The van der Waals surface area contributed by atoms with E-state index in [1.165, 1.54) is 11.3 Å². The Bertz CT molecular complexity index is 331. The van der Waals surface area contributed by atoms with E-state index in [1.807, 2.05) is 6.20 Å². The smallest absolute Gasteiger partial charge is 0.0472 e. The summed E-state index contributed by atoms with van der Waals surface area (Å²) in [6.07, 6.45) is 4.26. The number of hydrogen-bond donors (Lipinski definition) is 0. The lowest BCUT2D eigenvalue weighted by molar-refractivity contribution is 0.0845. The van der Waals surface area contributed by atoms with Crippen molar-refractivity contribution in [3.8, 4) is 0 Å². The van der Waals surface area contributed by atoms with E-state index in [4.69, 9.17) is 4.74 Å². The maximum Gasteiger partial charge on any atom is 0.0472 e. The van der Waals surface area contributed by atoms with Crippen molar-refractivity contribution in [2.24, 2.45) is 0 Å². The molecule has 0 amide bonds. The van der Waals surface area contributed by atoms with Crippen molar-refractivity contribution < 1.29 is 4.74 Å². The molecule has 2 rings (SSSR count). The molecule has 2 nitrogen and oxygen atoms in total. The highest BCUT2D eigenvalue weighted by molar-refractivity contribution is 5.22. The third-order valence-electron chi connectivity index (χ3n) is 3.29. The van der Waals surface area contributed by atoms with Crippen molar-refractivity contribution >= 4 is 0 Å². The zero-order valence-electron chi connectivity index (χ0n) is 10.5. The minimum Gasteiger partial charge on any atom is -0.381 e. The van der Waals surface area contributed by atoms with E-state index in [-0.39, 0.29) is 5.41 Å². The number of pyridine rings is 1. The molecule has 88 valence electrons. The molecule has 0 aromatic carbocycles. The quantitative estimate of drug-likeness (QED) is 0.723. The minimum atomic E-state index is 0.196. The fraction of sp³-hybridized carbons (Fsp3) is 0.643. The molecule has 0 saturated carbocycles. The molecule has 0 bridgehead atoms. The Hall–Kier alpha value is -0.890. The van der Waals surface area contributed by atoms with Gasteiger partial charge in [0.15, 0.2) is 0 Å². The summed E-state index contributed by atoms with van der Waals surface area (Å²) in [6.45, 7) is 8.43. The molecule has 2 heterocycles. The van der Waals surface area contributed by atoms with Gasteiger partial charge in [0.05, 0.1) is 0 Å². The Balaban J connectivity index is 2.12. The summed E-state index contributed by atoms with van der Waals surface area (Å²) in [4.78, 5) is 4.61. The van der Waals surface area contributed by atoms with Gasteiger partial charge in [0.25, 0.3) is 0 Å². The molecule has 0 N–H and O–H groups in total. The molecule has 16 heavy (non-hydrogen) atoms.